The number of carbonyl (C=O) groups is 4. The van der Waals surface area contributed by atoms with Gasteiger partial charge in [0.2, 0.25) is 11.8 Å². The number of carboxylic acid groups (broad SMARTS) is 1. The van der Waals surface area contributed by atoms with Crippen LogP contribution in [0.15, 0.2) is 0 Å². The average Bonchev–Trinajstić information content (AvgIpc) is 2.74. The zero-order chi connectivity index (χ0) is 24.2. The minimum atomic E-state index is -1.33. The summed E-state index contributed by atoms with van der Waals surface area (Å²) >= 11 is 0.980. The third-order valence-corrected chi connectivity index (χ3v) is 5.72. The molecule has 2 atom stereocenters. The highest BCUT2D eigenvalue weighted by atomic mass is 32.2. The zero-order valence-corrected chi connectivity index (χ0v) is 19.8. The first-order valence-electron chi connectivity index (χ1n) is 10.5. The number of methoxy groups -OCH3 is 1. The minimum absolute atomic E-state index is 0.0405. The molecule has 0 aromatic rings. The van der Waals surface area contributed by atoms with Crippen LogP contribution in [0.2, 0.25) is 0 Å². The van der Waals surface area contributed by atoms with E-state index in [9.17, 15) is 19.2 Å². The van der Waals surface area contributed by atoms with Crippen molar-refractivity contribution in [3.05, 3.63) is 0 Å². The predicted octanol–water partition coefficient (Wildman–Crippen LogP) is 0.214. The lowest BCUT2D eigenvalue weighted by Crippen LogP contribution is -2.59. The predicted molar refractivity (Wildman–Crippen MR) is 118 cm³/mol. The second-order valence-corrected chi connectivity index (χ2v) is 9.21. The molecule has 1 heterocycles. The smallest absolute Gasteiger partial charge is 0.303 e. The number of carbonyl (C=O) groups excluding carboxylic acids is 3. The van der Waals surface area contributed by atoms with Crippen LogP contribution in [-0.4, -0.2) is 79.2 Å². The number of hydrogen-bond acceptors (Lipinski definition) is 9. The van der Waals surface area contributed by atoms with Gasteiger partial charge in [-0.1, -0.05) is 25.6 Å². The first kappa shape index (κ1) is 28.3. The molecular formula is C20H35N3O8S. The molecular weight excluding hydrogens is 442 g/mol. The van der Waals surface area contributed by atoms with E-state index in [4.69, 9.17) is 25.1 Å². The summed E-state index contributed by atoms with van der Waals surface area (Å²) in [5.74, 6) is -2.63. The molecule has 0 radical (unpaired) electrons. The Hall–Kier alpha value is -1.73. The lowest BCUT2D eigenvalue weighted by molar-refractivity contribution is -0.425. The summed E-state index contributed by atoms with van der Waals surface area (Å²) in [6.45, 7) is 4.78. The van der Waals surface area contributed by atoms with Gasteiger partial charge in [0.25, 0.3) is 5.97 Å². The van der Waals surface area contributed by atoms with Crippen LogP contribution in [0.1, 0.15) is 46.0 Å². The van der Waals surface area contributed by atoms with Crippen molar-refractivity contribution in [1.29, 1.82) is 0 Å². The summed E-state index contributed by atoms with van der Waals surface area (Å²) in [5.41, 5.74) is 4.96. The molecule has 5 N–H and O–H groups in total. The molecule has 12 heteroatoms. The number of nitrogens with one attached hydrogen (secondary N) is 2. The van der Waals surface area contributed by atoms with Gasteiger partial charge in [-0.2, -0.15) is 0 Å². The third-order valence-electron chi connectivity index (χ3n) is 4.79. The molecule has 1 saturated heterocycles. The number of rotatable bonds is 14. The number of carboxylic acids is 1. The van der Waals surface area contributed by atoms with Gasteiger partial charge in [0.1, 0.15) is 6.10 Å². The molecule has 0 spiro atoms. The van der Waals surface area contributed by atoms with Gasteiger partial charge in [-0.15, -0.1) is 0 Å². The fraction of sp³-hybridized carbons (Fsp3) is 0.800. The molecule has 11 nitrogen and oxygen atoms in total. The SMILES string of the molecule is COC1(CCCN)OCC(C)(C)[C@H](C(=O)NCCC(=O)NCCSC(=O)CCC(=O)O)O1. The Morgan fingerprint density at radius 3 is 2.50 bits per heavy atom. The molecule has 0 aliphatic carbocycles. The molecule has 0 aromatic carbocycles. The average molecular weight is 478 g/mol. The topological polar surface area (TPSA) is 166 Å². The van der Waals surface area contributed by atoms with Gasteiger partial charge < -0.3 is 35.7 Å². The molecule has 1 aliphatic rings. The monoisotopic (exact) mass is 477 g/mol. The van der Waals surface area contributed by atoms with Gasteiger partial charge in [0, 0.05) is 50.6 Å². The first-order chi connectivity index (χ1) is 15.0. The molecule has 1 rings (SSSR count). The Bertz CT molecular complexity index is 661. The van der Waals surface area contributed by atoms with Crippen LogP contribution in [0.5, 0.6) is 0 Å². The van der Waals surface area contributed by atoms with E-state index in [-0.39, 0.29) is 55.9 Å². The fourth-order valence-electron chi connectivity index (χ4n) is 2.93. The van der Waals surface area contributed by atoms with Crippen molar-refractivity contribution in [1.82, 2.24) is 10.6 Å². The maximum Gasteiger partial charge on any atom is 0.303 e. The van der Waals surface area contributed by atoms with E-state index < -0.39 is 23.5 Å². The normalized spacial score (nSPS) is 22.2. The number of thioether (sulfide) groups is 1. The van der Waals surface area contributed by atoms with E-state index in [2.05, 4.69) is 10.6 Å². The van der Waals surface area contributed by atoms with Crippen molar-refractivity contribution < 1.29 is 38.5 Å². The summed E-state index contributed by atoms with van der Waals surface area (Å²) in [7, 11) is 1.45. The van der Waals surface area contributed by atoms with Crippen molar-refractivity contribution in [2.24, 2.45) is 11.1 Å². The van der Waals surface area contributed by atoms with Gasteiger partial charge in [-0.3, -0.25) is 19.2 Å². The Kier molecular flexibility index (Phi) is 12.1. The van der Waals surface area contributed by atoms with Crippen molar-refractivity contribution in [3.8, 4) is 0 Å². The zero-order valence-electron chi connectivity index (χ0n) is 18.9. The highest BCUT2D eigenvalue weighted by Crippen LogP contribution is 2.37. The van der Waals surface area contributed by atoms with E-state index in [0.717, 1.165) is 11.8 Å². The number of amides is 2. The number of ether oxygens (including phenoxy) is 3. The molecule has 0 aromatic heterocycles. The van der Waals surface area contributed by atoms with Crippen LogP contribution < -0.4 is 16.4 Å². The maximum atomic E-state index is 12.7. The second-order valence-electron chi connectivity index (χ2n) is 8.06. The van der Waals surface area contributed by atoms with Crippen molar-refractivity contribution in [2.75, 3.05) is 39.1 Å². The van der Waals surface area contributed by atoms with Gasteiger partial charge in [-0.25, -0.2) is 0 Å². The van der Waals surface area contributed by atoms with E-state index in [1.165, 1.54) is 7.11 Å². The molecule has 0 bridgehead atoms. The Labute approximate surface area is 192 Å². The molecule has 184 valence electrons. The number of nitrogens with two attached hydrogens (primary N) is 1. The van der Waals surface area contributed by atoms with Crippen LogP contribution in [-0.2, 0) is 33.4 Å². The molecule has 0 saturated carbocycles. The molecule has 1 fully saturated rings. The highest BCUT2D eigenvalue weighted by molar-refractivity contribution is 8.13. The Morgan fingerprint density at radius 1 is 1.16 bits per heavy atom. The number of hydrogen-bond donors (Lipinski definition) is 4. The molecule has 32 heavy (non-hydrogen) atoms. The Balaban J connectivity index is 2.37. The van der Waals surface area contributed by atoms with E-state index in [1.807, 2.05) is 13.8 Å². The summed E-state index contributed by atoms with van der Waals surface area (Å²) in [6.07, 6.45) is -0.0168. The first-order valence-corrected chi connectivity index (χ1v) is 11.5. The van der Waals surface area contributed by atoms with Gasteiger partial charge in [-0.05, 0) is 13.0 Å². The quantitative estimate of drug-likeness (QED) is 0.254. The standard InChI is InChI=1S/C20H35N3O8S/c1-19(2)13-30-20(29-3,8-4-9-21)31-17(19)18(28)23-10-7-14(24)22-11-12-32-16(27)6-5-15(25)26/h17H,4-13,21H2,1-3H3,(H,22,24)(H,23,28)(H,25,26)/t17-,20?/m0/s1. The van der Waals surface area contributed by atoms with Crippen LogP contribution in [0, 0.1) is 5.41 Å². The largest absolute Gasteiger partial charge is 0.481 e. The fourth-order valence-corrected chi connectivity index (χ4v) is 3.61. The maximum absolute atomic E-state index is 12.7. The summed E-state index contributed by atoms with van der Waals surface area (Å²) in [4.78, 5) is 46.6. The summed E-state index contributed by atoms with van der Waals surface area (Å²) in [6, 6.07) is 0. The molecule has 2 amide bonds. The van der Waals surface area contributed by atoms with E-state index >= 15 is 0 Å². The molecule has 1 aliphatic heterocycles. The van der Waals surface area contributed by atoms with Crippen molar-refractivity contribution in [3.63, 3.8) is 0 Å². The van der Waals surface area contributed by atoms with Crippen molar-refractivity contribution in [2.45, 2.75) is 58.0 Å². The Morgan fingerprint density at radius 2 is 1.88 bits per heavy atom. The summed E-state index contributed by atoms with van der Waals surface area (Å²) in [5, 5.41) is 13.7. The third kappa shape index (κ3) is 9.82. The van der Waals surface area contributed by atoms with Crippen molar-refractivity contribution >= 4 is 34.7 Å². The number of aliphatic carboxylic acids is 1. The van der Waals surface area contributed by atoms with Crippen LogP contribution in [0.3, 0.4) is 0 Å². The van der Waals surface area contributed by atoms with Crippen LogP contribution in [0.4, 0.5) is 0 Å². The lowest BCUT2D eigenvalue weighted by Gasteiger charge is -2.46. The van der Waals surface area contributed by atoms with Gasteiger partial charge in [0.15, 0.2) is 5.12 Å². The second kappa shape index (κ2) is 13.7. The van der Waals surface area contributed by atoms with Crippen LogP contribution in [0.25, 0.3) is 0 Å². The minimum Gasteiger partial charge on any atom is -0.481 e. The van der Waals surface area contributed by atoms with E-state index in [0.29, 0.717) is 25.1 Å². The lowest BCUT2D eigenvalue weighted by atomic mass is 9.85. The molecule has 1 unspecified atom stereocenters. The van der Waals surface area contributed by atoms with Gasteiger partial charge in [0.05, 0.1) is 13.0 Å². The van der Waals surface area contributed by atoms with E-state index in [1.54, 1.807) is 0 Å². The summed E-state index contributed by atoms with van der Waals surface area (Å²) < 4.78 is 17.1. The van der Waals surface area contributed by atoms with Gasteiger partial charge >= 0.3 is 5.97 Å². The highest BCUT2D eigenvalue weighted by Gasteiger charge is 2.50. The van der Waals surface area contributed by atoms with Crippen LogP contribution >= 0.6 is 11.8 Å².